The molecule has 1 aliphatic heterocycles. The summed E-state index contributed by atoms with van der Waals surface area (Å²) in [6.07, 6.45) is 0.930. The Balaban J connectivity index is 2.46. The van der Waals surface area contributed by atoms with Crippen LogP contribution in [0.2, 0.25) is 0 Å². The molecule has 0 amide bonds. The van der Waals surface area contributed by atoms with Crippen molar-refractivity contribution in [1.29, 1.82) is 0 Å². The predicted molar refractivity (Wildman–Crippen MR) is 75.1 cm³/mol. The Morgan fingerprint density at radius 1 is 1.55 bits per heavy atom. The zero-order valence-corrected chi connectivity index (χ0v) is 11.6. The third kappa shape index (κ3) is 2.51. The van der Waals surface area contributed by atoms with Gasteiger partial charge in [-0.15, -0.1) is 0 Å². The number of aliphatic hydroxyl groups excluding tert-OH is 1. The molecule has 1 heterocycles. The molecule has 0 aromatic heterocycles. The van der Waals surface area contributed by atoms with Crippen molar-refractivity contribution in [2.24, 2.45) is 5.92 Å². The quantitative estimate of drug-likeness (QED) is 0.517. The molecule has 0 aliphatic carbocycles. The molecule has 6 heteroatoms. The summed E-state index contributed by atoms with van der Waals surface area (Å²) in [5, 5.41) is 20.3. The minimum absolute atomic E-state index is 0.00942. The summed E-state index contributed by atoms with van der Waals surface area (Å²) in [5.41, 5.74) is 0.921. The number of non-ortho nitro benzene ring substituents is 1. The normalized spacial score (nSPS) is 22.1. The smallest absolute Gasteiger partial charge is 0.270 e. The maximum absolute atomic E-state index is 11.8. The van der Waals surface area contributed by atoms with Crippen LogP contribution in [0.1, 0.15) is 30.6 Å². The van der Waals surface area contributed by atoms with Crippen LogP contribution in [0.15, 0.2) is 18.2 Å². The SMILES string of the molecule is CC(=O)c1cc([N+](=O)[O-])ccc1N1CCC(C)C1CO. The van der Waals surface area contributed by atoms with Gasteiger partial charge in [-0.2, -0.15) is 0 Å². The highest BCUT2D eigenvalue weighted by molar-refractivity contribution is 6.00. The number of ketones is 1. The average molecular weight is 278 g/mol. The molecule has 1 aliphatic rings. The Morgan fingerprint density at radius 2 is 2.25 bits per heavy atom. The van der Waals surface area contributed by atoms with Crippen molar-refractivity contribution in [2.75, 3.05) is 18.1 Å². The minimum atomic E-state index is -0.508. The molecule has 2 atom stereocenters. The van der Waals surface area contributed by atoms with Crippen LogP contribution in [-0.4, -0.2) is 35.0 Å². The fourth-order valence-electron chi connectivity index (χ4n) is 2.76. The third-order valence-electron chi connectivity index (χ3n) is 3.95. The molecule has 1 aromatic rings. The second kappa shape index (κ2) is 5.58. The summed E-state index contributed by atoms with van der Waals surface area (Å²) in [6, 6.07) is 4.28. The number of hydrogen-bond donors (Lipinski definition) is 1. The Labute approximate surface area is 117 Å². The van der Waals surface area contributed by atoms with Gasteiger partial charge < -0.3 is 10.0 Å². The molecule has 1 saturated heterocycles. The summed E-state index contributed by atoms with van der Waals surface area (Å²) in [6.45, 7) is 4.20. The number of anilines is 1. The highest BCUT2D eigenvalue weighted by Crippen LogP contribution is 2.33. The Bertz CT molecular complexity index is 544. The van der Waals surface area contributed by atoms with E-state index >= 15 is 0 Å². The van der Waals surface area contributed by atoms with E-state index in [0.717, 1.165) is 13.0 Å². The van der Waals surface area contributed by atoms with Gasteiger partial charge in [0.15, 0.2) is 5.78 Å². The Kier molecular flexibility index (Phi) is 4.04. The van der Waals surface area contributed by atoms with Gasteiger partial charge in [-0.1, -0.05) is 6.92 Å². The van der Waals surface area contributed by atoms with Crippen LogP contribution < -0.4 is 4.90 Å². The van der Waals surface area contributed by atoms with E-state index in [2.05, 4.69) is 6.92 Å². The molecule has 0 spiro atoms. The van der Waals surface area contributed by atoms with Crippen molar-refractivity contribution < 1.29 is 14.8 Å². The fourth-order valence-corrected chi connectivity index (χ4v) is 2.76. The van der Waals surface area contributed by atoms with E-state index in [9.17, 15) is 20.0 Å². The van der Waals surface area contributed by atoms with Gasteiger partial charge in [0.1, 0.15) is 0 Å². The molecule has 1 N–H and O–H groups in total. The van der Waals surface area contributed by atoms with Gasteiger partial charge in [0.25, 0.3) is 5.69 Å². The Morgan fingerprint density at radius 3 is 2.80 bits per heavy atom. The number of nitro benzene ring substituents is 1. The first kappa shape index (κ1) is 14.5. The summed E-state index contributed by atoms with van der Waals surface area (Å²) >= 11 is 0. The van der Waals surface area contributed by atoms with Crippen molar-refractivity contribution in [3.05, 3.63) is 33.9 Å². The molecule has 2 rings (SSSR count). The van der Waals surface area contributed by atoms with Gasteiger partial charge in [-0.05, 0) is 25.3 Å². The number of rotatable bonds is 4. The summed E-state index contributed by atoms with van der Waals surface area (Å²) in [7, 11) is 0. The monoisotopic (exact) mass is 278 g/mol. The van der Waals surface area contributed by atoms with E-state index in [1.54, 1.807) is 6.07 Å². The molecule has 0 bridgehead atoms. The van der Waals surface area contributed by atoms with E-state index in [1.807, 2.05) is 4.90 Å². The molecule has 6 nitrogen and oxygen atoms in total. The number of carbonyl (C=O) groups excluding carboxylic acids is 1. The van der Waals surface area contributed by atoms with E-state index in [4.69, 9.17) is 0 Å². The number of nitro groups is 1. The number of nitrogens with zero attached hydrogens (tertiary/aromatic N) is 2. The first-order chi connectivity index (χ1) is 9.45. The van der Waals surface area contributed by atoms with Crippen molar-refractivity contribution in [3.8, 4) is 0 Å². The molecule has 108 valence electrons. The van der Waals surface area contributed by atoms with Crippen LogP contribution in [0.25, 0.3) is 0 Å². The van der Waals surface area contributed by atoms with Crippen LogP contribution in [0.4, 0.5) is 11.4 Å². The lowest BCUT2D eigenvalue weighted by atomic mass is 10.0. The summed E-state index contributed by atoms with van der Waals surface area (Å²) in [4.78, 5) is 24.1. The lowest BCUT2D eigenvalue weighted by Crippen LogP contribution is -2.36. The standard InChI is InChI=1S/C14H18N2O4/c1-9-5-6-15(14(9)8-17)13-4-3-11(16(19)20)7-12(13)10(2)18/h3-4,7,9,14,17H,5-6,8H2,1-2H3. The van der Waals surface area contributed by atoms with Crippen molar-refractivity contribution in [2.45, 2.75) is 26.3 Å². The minimum Gasteiger partial charge on any atom is -0.394 e. The van der Waals surface area contributed by atoms with Crippen LogP contribution in [0, 0.1) is 16.0 Å². The predicted octanol–water partition coefficient (Wildman–Crippen LogP) is 2.00. The second-order valence-electron chi connectivity index (χ2n) is 5.22. The van der Waals surface area contributed by atoms with Gasteiger partial charge in [-0.3, -0.25) is 14.9 Å². The van der Waals surface area contributed by atoms with Gasteiger partial charge >= 0.3 is 0 Å². The topological polar surface area (TPSA) is 83.7 Å². The van der Waals surface area contributed by atoms with E-state index in [-0.39, 0.29) is 24.1 Å². The number of Topliss-reactive ketones (excluding diaryl/α,β-unsaturated/α-hetero) is 1. The molecule has 0 radical (unpaired) electrons. The van der Waals surface area contributed by atoms with Crippen LogP contribution in [0.3, 0.4) is 0 Å². The van der Waals surface area contributed by atoms with Crippen molar-refractivity contribution in [1.82, 2.24) is 0 Å². The van der Waals surface area contributed by atoms with Crippen LogP contribution >= 0.6 is 0 Å². The zero-order chi connectivity index (χ0) is 14.9. The lowest BCUT2D eigenvalue weighted by Gasteiger charge is -2.28. The largest absolute Gasteiger partial charge is 0.394 e. The van der Waals surface area contributed by atoms with Gasteiger partial charge in [0.2, 0.25) is 0 Å². The van der Waals surface area contributed by atoms with Crippen LogP contribution in [0.5, 0.6) is 0 Å². The molecular formula is C14H18N2O4. The van der Waals surface area contributed by atoms with Gasteiger partial charge in [-0.25, -0.2) is 0 Å². The molecule has 0 saturated carbocycles. The van der Waals surface area contributed by atoms with Crippen molar-refractivity contribution in [3.63, 3.8) is 0 Å². The van der Waals surface area contributed by atoms with E-state index < -0.39 is 4.92 Å². The Hall–Kier alpha value is -1.95. The summed E-state index contributed by atoms with van der Waals surface area (Å²) < 4.78 is 0. The molecular weight excluding hydrogens is 260 g/mol. The summed E-state index contributed by atoms with van der Waals surface area (Å²) in [5.74, 6) is 0.120. The molecule has 2 unspecified atom stereocenters. The van der Waals surface area contributed by atoms with Crippen LogP contribution in [-0.2, 0) is 0 Å². The maximum atomic E-state index is 11.8. The fraction of sp³-hybridized carbons (Fsp3) is 0.500. The number of benzene rings is 1. The first-order valence-corrected chi connectivity index (χ1v) is 6.62. The molecule has 1 fully saturated rings. The number of aliphatic hydroxyl groups is 1. The van der Waals surface area contributed by atoms with Crippen molar-refractivity contribution >= 4 is 17.2 Å². The van der Waals surface area contributed by atoms with E-state index in [0.29, 0.717) is 17.2 Å². The highest BCUT2D eigenvalue weighted by atomic mass is 16.6. The van der Waals surface area contributed by atoms with Gasteiger partial charge in [0.05, 0.1) is 17.6 Å². The lowest BCUT2D eigenvalue weighted by molar-refractivity contribution is -0.384. The van der Waals surface area contributed by atoms with Gasteiger partial charge in [0, 0.05) is 29.9 Å². The maximum Gasteiger partial charge on any atom is 0.270 e. The molecule has 1 aromatic carbocycles. The highest BCUT2D eigenvalue weighted by Gasteiger charge is 2.32. The third-order valence-corrected chi connectivity index (χ3v) is 3.95. The molecule has 20 heavy (non-hydrogen) atoms. The van der Waals surface area contributed by atoms with E-state index in [1.165, 1.54) is 19.1 Å². The number of carbonyl (C=O) groups is 1. The zero-order valence-electron chi connectivity index (χ0n) is 11.6. The second-order valence-corrected chi connectivity index (χ2v) is 5.22. The number of hydrogen-bond acceptors (Lipinski definition) is 5. The average Bonchev–Trinajstić information content (AvgIpc) is 2.78. The first-order valence-electron chi connectivity index (χ1n) is 6.62.